The number of fused-ring (bicyclic) bond motifs is 1. The molecule has 1 unspecified atom stereocenters. The van der Waals surface area contributed by atoms with Crippen molar-refractivity contribution in [2.24, 2.45) is 11.7 Å². The summed E-state index contributed by atoms with van der Waals surface area (Å²) in [5, 5.41) is 0. The molecule has 1 atom stereocenters. The quantitative estimate of drug-likeness (QED) is 0.756. The van der Waals surface area contributed by atoms with Gasteiger partial charge >= 0.3 is 0 Å². The van der Waals surface area contributed by atoms with Gasteiger partial charge in [0.1, 0.15) is 0 Å². The van der Waals surface area contributed by atoms with Gasteiger partial charge in [0.05, 0.1) is 0 Å². The molecule has 0 saturated heterocycles. The third-order valence-electron chi connectivity index (χ3n) is 3.02. The van der Waals surface area contributed by atoms with Crippen molar-refractivity contribution in [2.45, 2.75) is 20.3 Å². The van der Waals surface area contributed by atoms with Crippen molar-refractivity contribution < 1.29 is 0 Å². The number of benzene rings is 1. The predicted octanol–water partition coefficient (Wildman–Crippen LogP) is 2.53. The van der Waals surface area contributed by atoms with E-state index in [1.165, 1.54) is 22.3 Å². The monoisotopic (exact) mass is 187 g/mol. The van der Waals surface area contributed by atoms with E-state index in [4.69, 9.17) is 5.73 Å². The van der Waals surface area contributed by atoms with Crippen molar-refractivity contribution >= 4 is 6.08 Å². The Morgan fingerprint density at radius 1 is 1.43 bits per heavy atom. The van der Waals surface area contributed by atoms with Gasteiger partial charge in [-0.05, 0) is 36.9 Å². The summed E-state index contributed by atoms with van der Waals surface area (Å²) in [5.41, 5.74) is 11.3. The van der Waals surface area contributed by atoms with Gasteiger partial charge in [-0.1, -0.05) is 42.3 Å². The summed E-state index contributed by atoms with van der Waals surface area (Å²) in [7, 11) is 0. The summed E-state index contributed by atoms with van der Waals surface area (Å²) in [5.74, 6) is 0.516. The number of hydrogen-bond acceptors (Lipinski definition) is 1. The van der Waals surface area contributed by atoms with Crippen molar-refractivity contribution in [3.05, 3.63) is 40.5 Å². The molecule has 1 aromatic rings. The Hall–Kier alpha value is -1.08. The van der Waals surface area contributed by atoms with Gasteiger partial charge in [0.2, 0.25) is 0 Å². The molecule has 1 aromatic carbocycles. The highest BCUT2D eigenvalue weighted by Crippen LogP contribution is 2.29. The SMILES string of the molecule is Cc1ccc2c(c1)C=C(C(C)CN)C2. The van der Waals surface area contributed by atoms with Gasteiger partial charge in [0.25, 0.3) is 0 Å². The first-order valence-electron chi connectivity index (χ1n) is 5.21. The smallest absolute Gasteiger partial charge is 0.00139 e. The lowest BCUT2D eigenvalue weighted by Gasteiger charge is -2.08. The van der Waals surface area contributed by atoms with Crippen LogP contribution in [0.4, 0.5) is 0 Å². The van der Waals surface area contributed by atoms with Gasteiger partial charge in [0.15, 0.2) is 0 Å². The molecule has 0 aliphatic heterocycles. The highest BCUT2D eigenvalue weighted by molar-refractivity contribution is 5.64. The van der Waals surface area contributed by atoms with Crippen LogP contribution in [0.1, 0.15) is 23.6 Å². The molecule has 2 N–H and O–H groups in total. The summed E-state index contributed by atoms with van der Waals surface area (Å²) in [6, 6.07) is 6.67. The molecule has 0 heterocycles. The molecule has 0 radical (unpaired) electrons. The minimum atomic E-state index is 0.516. The summed E-state index contributed by atoms with van der Waals surface area (Å²) in [6.45, 7) is 5.09. The van der Waals surface area contributed by atoms with Gasteiger partial charge in [-0.25, -0.2) is 0 Å². The maximum atomic E-state index is 5.68. The first-order valence-corrected chi connectivity index (χ1v) is 5.21. The van der Waals surface area contributed by atoms with E-state index in [-0.39, 0.29) is 0 Å². The van der Waals surface area contributed by atoms with Crippen molar-refractivity contribution in [1.29, 1.82) is 0 Å². The molecule has 0 aromatic heterocycles. The number of aryl methyl sites for hydroxylation is 1. The van der Waals surface area contributed by atoms with E-state index < -0.39 is 0 Å². The topological polar surface area (TPSA) is 26.0 Å². The van der Waals surface area contributed by atoms with Crippen LogP contribution >= 0.6 is 0 Å². The first kappa shape index (κ1) is 9.47. The van der Waals surface area contributed by atoms with Crippen molar-refractivity contribution in [1.82, 2.24) is 0 Å². The number of nitrogens with two attached hydrogens (primary N) is 1. The minimum Gasteiger partial charge on any atom is -0.330 e. The van der Waals surface area contributed by atoms with Crippen LogP contribution in [0.2, 0.25) is 0 Å². The number of hydrogen-bond donors (Lipinski definition) is 1. The van der Waals surface area contributed by atoms with Crippen LogP contribution < -0.4 is 5.73 Å². The van der Waals surface area contributed by atoms with Crippen LogP contribution in [0.15, 0.2) is 23.8 Å². The zero-order valence-corrected chi connectivity index (χ0v) is 8.88. The standard InChI is InChI=1S/C13H17N/c1-9-3-4-11-6-12(10(2)8-14)7-13(11)5-9/h3-5,7,10H,6,8,14H2,1-2H3. The molecule has 1 nitrogen and oxygen atoms in total. The fraction of sp³-hybridized carbons (Fsp3) is 0.385. The molecule has 2 rings (SSSR count). The van der Waals surface area contributed by atoms with Gasteiger partial charge < -0.3 is 5.73 Å². The summed E-state index contributed by atoms with van der Waals surface area (Å²) in [4.78, 5) is 0. The molecule has 0 bridgehead atoms. The average Bonchev–Trinajstić information content (AvgIpc) is 2.59. The fourth-order valence-corrected chi connectivity index (χ4v) is 1.95. The van der Waals surface area contributed by atoms with Crippen LogP contribution in [0, 0.1) is 12.8 Å². The zero-order chi connectivity index (χ0) is 10.1. The first-order chi connectivity index (χ1) is 6.70. The highest BCUT2D eigenvalue weighted by Gasteiger charge is 2.16. The Morgan fingerprint density at radius 2 is 2.21 bits per heavy atom. The molecular weight excluding hydrogens is 170 g/mol. The lowest BCUT2D eigenvalue weighted by atomic mass is 9.99. The molecule has 1 aliphatic carbocycles. The maximum Gasteiger partial charge on any atom is -0.00139 e. The van der Waals surface area contributed by atoms with Crippen molar-refractivity contribution in [2.75, 3.05) is 6.54 Å². The molecule has 14 heavy (non-hydrogen) atoms. The second-order valence-electron chi connectivity index (χ2n) is 4.24. The Kier molecular flexibility index (Phi) is 2.42. The minimum absolute atomic E-state index is 0.516. The fourth-order valence-electron chi connectivity index (χ4n) is 1.95. The van der Waals surface area contributed by atoms with Crippen LogP contribution in [0.25, 0.3) is 6.08 Å². The van der Waals surface area contributed by atoms with E-state index >= 15 is 0 Å². The second-order valence-corrected chi connectivity index (χ2v) is 4.24. The Labute approximate surface area is 85.6 Å². The lowest BCUT2D eigenvalue weighted by molar-refractivity contribution is 0.684. The Morgan fingerprint density at radius 3 is 2.93 bits per heavy atom. The molecule has 0 spiro atoms. The molecule has 0 fully saturated rings. The predicted molar refractivity (Wildman–Crippen MR) is 61.1 cm³/mol. The molecule has 0 saturated carbocycles. The lowest BCUT2D eigenvalue weighted by Crippen LogP contribution is -2.12. The van der Waals surface area contributed by atoms with E-state index in [2.05, 4.69) is 38.1 Å². The van der Waals surface area contributed by atoms with E-state index in [9.17, 15) is 0 Å². The van der Waals surface area contributed by atoms with Crippen LogP contribution in [0.3, 0.4) is 0 Å². The molecule has 0 amide bonds. The zero-order valence-electron chi connectivity index (χ0n) is 8.88. The highest BCUT2D eigenvalue weighted by atomic mass is 14.5. The normalized spacial score (nSPS) is 16.4. The summed E-state index contributed by atoms with van der Waals surface area (Å²) >= 11 is 0. The van der Waals surface area contributed by atoms with Crippen LogP contribution in [-0.2, 0) is 6.42 Å². The van der Waals surface area contributed by atoms with Gasteiger partial charge in [-0.15, -0.1) is 0 Å². The Bertz CT molecular complexity index is 377. The van der Waals surface area contributed by atoms with Crippen LogP contribution in [0.5, 0.6) is 0 Å². The molecular formula is C13H17N. The van der Waals surface area contributed by atoms with E-state index in [1.807, 2.05) is 0 Å². The molecule has 1 heteroatoms. The molecule has 1 aliphatic rings. The third-order valence-corrected chi connectivity index (χ3v) is 3.02. The summed E-state index contributed by atoms with van der Waals surface area (Å²) in [6.07, 6.45) is 3.40. The third kappa shape index (κ3) is 1.60. The second kappa shape index (κ2) is 3.58. The van der Waals surface area contributed by atoms with Gasteiger partial charge in [0, 0.05) is 0 Å². The number of rotatable bonds is 2. The molecule has 74 valence electrons. The van der Waals surface area contributed by atoms with Crippen molar-refractivity contribution in [3.8, 4) is 0 Å². The van der Waals surface area contributed by atoms with Gasteiger partial charge in [-0.2, -0.15) is 0 Å². The van der Waals surface area contributed by atoms with Crippen molar-refractivity contribution in [3.63, 3.8) is 0 Å². The van der Waals surface area contributed by atoms with E-state index in [0.29, 0.717) is 5.92 Å². The average molecular weight is 187 g/mol. The Balaban J connectivity index is 2.30. The maximum absolute atomic E-state index is 5.68. The van der Waals surface area contributed by atoms with E-state index in [1.54, 1.807) is 0 Å². The van der Waals surface area contributed by atoms with Gasteiger partial charge in [-0.3, -0.25) is 0 Å². The van der Waals surface area contributed by atoms with Crippen LogP contribution in [-0.4, -0.2) is 6.54 Å². The largest absolute Gasteiger partial charge is 0.330 e. The van der Waals surface area contributed by atoms with E-state index in [0.717, 1.165) is 13.0 Å². The summed E-state index contributed by atoms with van der Waals surface area (Å²) < 4.78 is 0.